The number of piperidine rings is 1. The van der Waals surface area contributed by atoms with Crippen LogP contribution in [-0.2, 0) is 4.79 Å². The fourth-order valence-corrected chi connectivity index (χ4v) is 3.30. The Labute approximate surface area is 162 Å². The smallest absolute Gasteiger partial charge is 0.260 e. The Morgan fingerprint density at radius 2 is 2.25 bits per heavy atom. The fraction of sp³-hybridized carbons (Fsp3) is 0.421. The van der Waals surface area contributed by atoms with E-state index in [1.54, 1.807) is 17.8 Å². The predicted molar refractivity (Wildman–Crippen MR) is 99.6 cm³/mol. The number of rotatable bonds is 5. The molecule has 3 heterocycles. The van der Waals surface area contributed by atoms with Crippen LogP contribution in [0.3, 0.4) is 0 Å². The first-order chi connectivity index (χ1) is 13.6. The van der Waals surface area contributed by atoms with Crippen LogP contribution in [0, 0.1) is 13.8 Å². The van der Waals surface area contributed by atoms with Crippen LogP contribution in [0.4, 0.5) is 0 Å². The number of amides is 1. The molecule has 0 bridgehead atoms. The van der Waals surface area contributed by atoms with Gasteiger partial charge in [0.25, 0.3) is 5.91 Å². The maximum absolute atomic E-state index is 12.6. The molecule has 9 heteroatoms. The van der Waals surface area contributed by atoms with Gasteiger partial charge in [-0.3, -0.25) is 4.79 Å². The van der Waals surface area contributed by atoms with Gasteiger partial charge < -0.3 is 14.2 Å². The van der Waals surface area contributed by atoms with E-state index in [-0.39, 0.29) is 18.6 Å². The molecule has 1 amide bonds. The van der Waals surface area contributed by atoms with Crippen molar-refractivity contribution in [3.8, 4) is 17.3 Å². The summed E-state index contributed by atoms with van der Waals surface area (Å²) in [6.45, 7) is 5.04. The number of hydrogen-bond acceptors (Lipinski definition) is 7. The van der Waals surface area contributed by atoms with E-state index in [0.29, 0.717) is 29.7 Å². The van der Waals surface area contributed by atoms with Gasteiger partial charge in [0, 0.05) is 20.0 Å². The summed E-state index contributed by atoms with van der Waals surface area (Å²) in [6.07, 6.45) is 3.63. The molecule has 146 valence electrons. The lowest BCUT2D eigenvalue weighted by Crippen LogP contribution is -2.43. The monoisotopic (exact) mass is 382 g/mol. The van der Waals surface area contributed by atoms with Crippen molar-refractivity contribution < 1.29 is 14.1 Å². The maximum Gasteiger partial charge on any atom is 0.260 e. The molecule has 1 aromatic carbocycles. The van der Waals surface area contributed by atoms with Crippen molar-refractivity contribution in [3.63, 3.8) is 0 Å². The Morgan fingerprint density at radius 3 is 3.04 bits per heavy atom. The third-order valence-corrected chi connectivity index (χ3v) is 4.74. The van der Waals surface area contributed by atoms with Crippen LogP contribution >= 0.6 is 0 Å². The molecular weight excluding hydrogens is 360 g/mol. The van der Waals surface area contributed by atoms with E-state index >= 15 is 0 Å². The van der Waals surface area contributed by atoms with Crippen LogP contribution in [0.25, 0.3) is 11.5 Å². The zero-order valence-corrected chi connectivity index (χ0v) is 15.9. The lowest BCUT2D eigenvalue weighted by atomic mass is 10.1. The van der Waals surface area contributed by atoms with Gasteiger partial charge in [-0.2, -0.15) is 4.98 Å². The van der Waals surface area contributed by atoms with Crippen LogP contribution in [0.5, 0.6) is 5.75 Å². The van der Waals surface area contributed by atoms with E-state index in [9.17, 15) is 4.79 Å². The summed E-state index contributed by atoms with van der Waals surface area (Å²) < 4.78 is 12.4. The van der Waals surface area contributed by atoms with Gasteiger partial charge in [-0.25, -0.2) is 4.68 Å². The first-order valence-corrected chi connectivity index (χ1v) is 9.28. The highest BCUT2D eigenvalue weighted by molar-refractivity contribution is 5.77. The van der Waals surface area contributed by atoms with Crippen LogP contribution in [0.15, 0.2) is 35.0 Å². The Kier molecular flexibility index (Phi) is 5.05. The van der Waals surface area contributed by atoms with Gasteiger partial charge >= 0.3 is 0 Å². The molecule has 1 fully saturated rings. The average Bonchev–Trinajstić information content (AvgIpc) is 3.35. The summed E-state index contributed by atoms with van der Waals surface area (Å²) >= 11 is 0. The van der Waals surface area contributed by atoms with Crippen molar-refractivity contribution in [1.29, 1.82) is 0 Å². The molecule has 3 aromatic rings. The van der Waals surface area contributed by atoms with E-state index in [2.05, 4.69) is 20.5 Å². The van der Waals surface area contributed by atoms with Gasteiger partial charge in [0.2, 0.25) is 11.7 Å². The van der Waals surface area contributed by atoms with Crippen molar-refractivity contribution in [2.75, 3.05) is 19.7 Å². The molecule has 1 aliphatic heterocycles. The Balaban J connectivity index is 1.37. The minimum atomic E-state index is -0.0275. The van der Waals surface area contributed by atoms with E-state index in [1.165, 1.54) is 0 Å². The summed E-state index contributed by atoms with van der Waals surface area (Å²) in [5.74, 6) is 1.57. The van der Waals surface area contributed by atoms with Gasteiger partial charge in [0.15, 0.2) is 12.3 Å². The molecule has 2 aromatic heterocycles. The molecule has 1 aliphatic rings. The van der Waals surface area contributed by atoms with Crippen molar-refractivity contribution >= 4 is 5.91 Å². The maximum atomic E-state index is 12.6. The number of benzene rings is 1. The molecule has 1 saturated heterocycles. The zero-order valence-electron chi connectivity index (χ0n) is 15.9. The number of likely N-dealkylation sites (tertiary alicyclic amines) is 1. The number of aryl methyl sites for hydroxylation is 2. The summed E-state index contributed by atoms with van der Waals surface area (Å²) in [5.41, 5.74) is 1.66. The molecule has 28 heavy (non-hydrogen) atoms. The molecule has 0 radical (unpaired) electrons. The quantitative estimate of drug-likeness (QED) is 0.667. The van der Waals surface area contributed by atoms with Crippen LogP contribution in [-0.4, -0.2) is 55.6 Å². The Hall–Kier alpha value is -3.23. The largest absolute Gasteiger partial charge is 0.484 e. The summed E-state index contributed by atoms with van der Waals surface area (Å²) in [5, 5.41) is 12.2. The van der Waals surface area contributed by atoms with Crippen LogP contribution in [0.1, 0.15) is 30.3 Å². The van der Waals surface area contributed by atoms with E-state index in [0.717, 1.165) is 24.9 Å². The SMILES string of the molecule is Cc1cccc(OCC(=O)N2CCCC(n3cc(-c4noc(C)n4)nn3)C2)c1. The molecular formula is C19H22N6O3. The van der Waals surface area contributed by atoms with Crippen molar-refractivity contribution in [2.45, 2.75) is 32.7 Å². The molecule has 0 N–H and O–H groups in total. The lowest BCUT2D eigenvalue weighted by molar-refractivity contribution is -0.135. The normalized spacial score (nSPS) is 16.9. The number of nitrogens with zero attached hydrogens (tertiary/aromatic N) is 6. The Morgan fingerprint density at radius 1 is 1.36 bits per heavy atom. The highest BCUT2D eigenvalue weighted by Gasteiger charge is 2.26. The molecule has 0 aliphatic carbocycles. The number of aromatic nitrogens is 5. The van der Waals surface area contributed by atoms with E-state index < -0.39 is 0 Å². The third-order valence-electron chi connectivity index (χ3n) is 4.74. The molecule has 1 unspecified atom stereocenters. The minimum absolute atomic E-state index is 0.0275. The highest BCUT2D eigenvalue weighted by Crippen LogP contribution is 2.23. The standard InChI is InChI=1S/C19H22N6O3/c1-13-5-3-7-16(9-13)27-12-18(26)24-8-4-6-15(10-24)25-11-17(21-23-25)19-20-14(2)28-22-19/h3,5,7,9,11,15H,4,6,8,10,12H2,1-2H3. The zero-order chi connectivity index (χ0) is 19.5. The summed E-state index contributed by atoms with van der Waals surface area (Å²) in [4.78, 5) is 18.6. The van der Waals surface area contributed by atoms with Gasteiger partial charge in [0.1, 0.15) is 5.75 Å². The predicted octanol–water partition coefficient (Wildman–Crippen LogP) is 2.19. The van der Waals surface area contributed by atoms with Gasteiger partial charge in [-0.15, -0.1) is 5.10 Å². The first-order valence-electron chi connectivity index (χ1n) is 9.28. The number of carbonyl (C=O) groups is 1. The first kappa shape index (κ1) is 18.1. The van der Waals surface area contributed by atoms with Crippen molar-refractivity contribution in [1.82, 2.24) is 30.0 Å². The average molecular weight is 382 g/mol. The second-order valence-corrected chi connectivity index (χ2v) is 6.96. The topological polar surface area (TPSA) is 99.2 Å². The van der Waals surface area contributed by atoms with Gasteiger partial charge in [-0.1, -0.05) is 22.5 Å². The molecule has 0 spiro atoms. The van der Waals surface area contributed by atoms with Crippen LogP contribution in [0.2, 0.25) is 0 Å². The summed E-state index contributed by atoms with van der Waals surface area (Å²) in [6, 6.07) is 7.75. The number of carbonyl (C=O) groups excluding carboxylic acids is 1. The molecule has 9 nitrogen and oxygen atoms in total. The fourth-order valence-electron chi connectivity index (χ4n) is 3.30. The Bertz CT molecular complexity index is 966. The van der Waals surface area contributed by atoms with E-state index in [1.807, 2.05) is 36.1 Å². The van der Waals surface area contributed by atoms with Crippen molar-refractivity contribution in [3.05, 3.63) is 41.9 Å². The highest BCUT2D eigenvalue weighted by atomic mass is 16.5. The number of hydrogen-bond donors (Lipinski definition) is 0. The molecule has 0 saturated carbocycles. The second-order valence-electron chi connectivity index (χ2n) is 6.96. The third kappa shape index (κ3) is 4.03. The van der Waals surface area contributed by atoms with Crippen molar-refractivity contribution in [2.24, 2.45) is 0 Å². The number of ether oxygens (including phenoxy) is 1. The lowest BCUT2D eigenvalue weighted by Gasteiger charge is -2.32. The van der Waals surface area contributed by atoms with E-state index in [4.69, 9.17) is 9.26 Å². The summed E-state index contributed by atoms with van der Waals surface area (Å²) in [7, 11) is 0. The minimum Gasteiger partial charge on any atom is -0.484 e. The molecule has 1 atom stereocenters. The van der Waals surface area contributed by atoms with Gasteiger partial charge in [-0.05, 0) is 37.5 Å². The van der Waals surface area contributed by atoms with Gasteiger partial charge in [0.05, 0.1) is 12.2 Å². The molecule has 4 rings (SSSR count). The van der Waals surface area contributed by atoms with Crippen LogP contribution < -0.4 is 4.74 Å². The second kappa shape index (κ2) is 7.79.